The van der Waals surface area contributed by atoms with Gasteiger partial charge in [0.1, 0.15) is 13.2 Å². The Morgan fingerprint density at radius 1 is 0.540 bits per heavy atom. The number of aliphatic hydroxyl groups excluding tert-OH is 1. The van der Waals surface area contributed by atoms with Crippen molar-refractivity contribution < 1.29 is 32.9 Å². The Morgan fingerprint density at radius 3 is 1.19 bits per heavy atom. The first kappa shape index (κ1) is 62.2. The van der Waals surface area contributed by atoms with Crippen LogP contribution in [0.4, 0.5) is 0 Å². The van der Waals surface area contributed by atoms with Crippen LogP contribution in [0.15, 0.2) is 12.2 Å². The summed E-state index contributed by atoms with van der Waals surface area (Å²) >= 11 is 0. The third kappa shape index (κ3) is 49.0. The summed E-state index contributed by atoms with van der Waals surface area (Å²) in [7, 11) is 1.27. The molecule has 0 fully saturated rings. The number of hydrogen-bond donors (Lipinski definition) is 2. The average molecular weight is 913 g/mol. The number of rotatable bonds is 51. The van der Waals surface area contributed by atoms with Crippen molar-refractivity contribution in [2.45, 2.75) is 289 Å². The lowest BCUT2D eigenvalue weighted by atomic mass is 10.0. The molecule has 0 aliphatic carbocycles. The largest absolute Gasteiger partial charge is 0.756 e. The number of allylic oxidation sites excluding steroid dienone is 1. The highest BCUT2D eigenvalue weighted by molar-refractivity contribution is 7.45. The first-order chi connectivity index (χ1) is 30.5. The minimum atomic E-state index is -4.58. The molecule has 2 N–H and O–H groups in total. The number of amides is 1. The summed E-state index contributed by atoms with van der Waals surface area (Å²) in [6.45, 7) is 4.67. The molecule has 1 unspecified atom stereocenters. The molecular formula is C54H109N2O6P. The molecule has 0 aliphatic heterocycles. The van der Waals surface area contributed by atoms with Crippen molar-refractivity contribution in [3.05, 3.63) is 12.2 Å². The number of quaternary nitrogens is 1. The van der Waals surface area contributed by atoms with E-state index in [0.717, 1.165) is 38.5 Å². The van der Waals surface area contributed by atoms with E-state index in [1.165, 1.54) is 218 Å². The van der Waals surface area contributed by atoms with Gasteiger partial charge in [0.25, 0.3) is 7.82 Å². The number of phosphoric ester groups is 1. The minimum absolute atomic E-state index is 0.00217. The molecule has 0 aromatic heterocycles. The molecule has 1 amide bonds. The van der Waals surface area contributed by atoms with Crippen molar-refractivity contribution in [3.63, 3.8) is 0 Å². The molecule has 0 saturated heterocycles. The Balaban J connectivity index is 3.98. The van der Waals surface area contributed by atoms with E-state index in [1.807, 2.05) is 27.2 Å². The molecule has 0 aliphatic rings. The van der Waals surface area contributed by atoms with Crippen LogP contribution < -0.4 is 10.2 Å². The maximum Gasteiger partial charge on any atom is 0.268 e. The molecule has 0 heterocycles. The van der Waals surface area contributed by atoms with Gasteiger partial charge in [-0.25, -0.2) is 0 Å². The normalized spacial score (nSPS) is 14.1. The number of likely N-dealkylation sites (N-methyl/N-ethyl adjacent to an activating group) is 1. The molecule has 9 heteroatoms. The fourth-order valence-electron chi connectivity index (χ4n) is 8.39. The zero-order valence-electron chi connectivity index (χ0n) is 42.8. The van der Waals surface area contributed by atoms with E-state index < -0.39 is 20.0 Å². The summed E-state index contributed by atoms with van der Waals surface area (Å²) in [4.78, 5) is 25.4. The number of nitrogens with one attached hydrogen (secondary N) is 1. The Morgan fingerprint density at radius 2 is 0.857 bits per heavy atom. The van der Waals surface area contributed by atoms with Crippen molar-refractivity contribution in [1.29, 1.82) is 0 Å². The smallest absolute Gasteiger partial charge is 0.268 e. The van der Waals surface area contributed by atoms with Gasteiger partial charge < -0.3 is 28.8 Å². The predicted octanol–water partition coefficient (Wildman–Crippen LogP) is 15.6. The summed E-state index contributed by atoms with van der Waals surface area (Å²) in [5.41, 5.74) is 0. The van der Waals surface area contributed by atoms with Crippen molar-refractivity contribution >= 4 is 13.7 Å². The average Bonchev–Trinajstić information content (AvgIpc) is 3.24. The van der Waals surface area contributed by atoms with Crippen molar-refractivity contribution in [3.8, 4) is 0 Å². The van der Waals surface area contributed by atoms with Crippen LogP contribution in [0.5, 0.6) is 0 Å². The van der Waals surface area contributed by atoms with Crippen LogP contribution in [0.3, 0.4) is 0 Å². The zero-order chi connectivity index (χ0) is 46.4. The van der Waals surface area contributed by atoms with E-state index in [2.05, 4.69) is 19.2 Å². The summed E-state index contributed by atoms with van der Waals surface area (Å²) in [6.07, 6.45) is 55.9. The molecule has 0 aromatic rings. The quantitative estimate of drug-likeness (QED) is 0.0272. The van der Waals surface area contributed by atoms with E-state index in [4.69, 9.17) is 9.05 Å². The van der Waals surface area contributed by atoms with Gasteiger partial charge in [0.2, 0.25) is 5.91 Å². The van der Waals surface area contributed by atoms with Gasteiger partial charge in [0.15, 0.2) is 0 Å². The topological polar surface area (TPSA) is 108 Å². The van der Waals surface area contributed by atoms with Gasteiger partial charge in [0.05, 0.1) is 39.9 Å². The SMILES string of the molecule is CCCCCCCCCCC/C=C/[C@@H](O)[C@H](COP(=O)([O-])OCC[N+](C)(C)C)NC(=O)CCCCCCCCCCCCCCCCCCCCCCCCCCCCCCCC. The lowest BCUT2D eigenvalue weighted by molar-refractivity contribution is -0.870. The number of hydrogen-bond acceptors (Lipinski definition) is 6. The second-order valence-corrected chi connectivity index (χ2v) is 21.7. The highest BCUT2D eigenvalue weighted by atomic mass is 31.2. The number of aliphatic hydroxyl groups is 1. The van der Waals surface area contributed by atoms with Crippen LogP contribution in [-0.2, 0) is 18.4 Å². The van der Waals surface area contributed by atoms with Gasteiger partial charge in [-0.2, -0.15) is 0 Å². The Hall–Kier alpha value is -0.760. The first-order valence-corrected chi connectivity index (χ1v) is 29.0. The van der Waals surface area contributed by atoms with Gasteiger partial charge in [-0.15, -0.1) is 0 Å². The van der Waals surface area contributed by atoms with Crippen LogP contribution >= 0.6 is 7.82 Å². The Kier molecular flexibility index (Phi) is 45.8. The van der Waals surface area contributed by atoms with Crippen LogP contribution in [0.1, 0.15) is 277 Å². The summed E-state index contributed by atoms with van der Waals surface area (Å²) in [5, 5.41) is 13.8. The van der Waals surface area contributed by atoms with Gasteiger partial charge in [0, 0.05) is 6.42 Å². The van der Waals surface area contributed by atoms with Gasteiger partial charge in [-0.05, 0) is 19.3 Å². The molecule has 3 atom stereocenters. The number of phosphoric acid groups is 1. The third-order valence-electron chi connectivity index (χ3n) is 12.7. The lowest BCUT2D eigenvalue weighted by Crippen LogP contribution is -2.45. The van der Waals surface area contributed by atoms with Crippen molar-refractivity contribution in [2.24, 2.45) is 0 Å². The highest BCUT2D eigenvalue weighted by Crippen LogP contribution is 2.38. The van der Waals surface area contributed by atoms with E-state index in [9.17, 15) is 19.4 Å². The molecule has 0 saturated carbocycles. The fraction of sp³-hybridized carbons (Fsp3) is 0.944. The fourth-order valence-corrected chi connectivity index (χ4v) is 9.11. The molecule has 0 aromatic carbocycles. The van der Waals surface area contributed by atoms with Gasteiger partial charge in [-0.1, -0.05) is 264 Å². The van der Waals surface area contributed by atoms with E-state index in [1.54, 1.807) is 6.08 Å². The van der Waals surface area contributed by atoms with E-state index >= 15 is 0 Å². The second-order valence-electron chi connectivity index (χ2n) is 20.3. The predicted molar refractivity (Wildman–Crippen MR) is 270 cm³/mol. The molecular weight excluding hydrogens is 804 g/mol. The highest BCUT2D eigenvalue weighted by Gasteiger charge is 2.23. The molecule has 0 rings (SSSR count). The summed E-state index contributed by atoms with van der Waals surface area (Å²) in [6, 6.07) is -0.880. The van der Waals surface area contributed by atoms with E-state index in [0.29, 0.717) is 17.4 Å². The maximum absolute atomic E-state index is 12.9. The molecule has 63 heavy (non-hydrogen) atoms. The molecule has 8 nitrogen and oxygen atoms in total. The number of carbonyl (C=O) groups is 1. The number of nitrogens with zero attached hydrogens (tertiary/aromatic N) is 1. The molecule has 0 radical (unpaired) electrons. The Bertz CT molecular complexity index is 1040. The lowest BCUT2D eigenvalue weighted by Gasteiger charge is -2.29. The second kappa shape index (κ2) is 46.4. The summed E-state index contributed by atoms with van der Waals surface area (Å²) in [5.74, 6) is -0.193. The van der Waals surface area contributed by atoms with Crippen molar-refractivity contribution in [1.82, 2.24) is 5.32 Å². The summed E-state index contributed by atoms with van der Waals surface area (Å²) < 4.78 is 23.2. The molecule has 376 valence electrons. The van der Waals surface area contributed by atoms with Crippen LogP contribution in [0.2, 0.25) is 0 Å². The van der Waals surface area contributed by atoms with E-state index in [-0.39, 0.29) is 19.1 Å². The standard InChI is InChI=1S/C54H109N2O6P/c1-6-8-10-12-14-16-18-19-20-21-22-23-24-25-26-27-28-29-30-31-32-33-34-35-36-38-40-42-44-46-48-54(58)55-52(51-62-63(59,60)61-50-49-56(3,4)5)53(57)47-45-43-41-39-37-17-15-13-11-9-7-2/h45,47,52-53,57H,6-44,46,48-51H2,1-5H3,(H-,55,58,59,60)/b47-45+/t52-,53+/m0/s1. The van der Waals surface area contributed by atoms with Gasteiger partial charge in [-0.3, -0.25) is 9.36 Å². The Labute approximate surface area is 392 Å². The van der Waals surface area contributed by atoms with Crippen LogP contribution in [0.25, 0.3) is 0 Å². The molecule has 0 spiro atoms. The van der Waals surface area contributed by atoms with Crippen molar-refractivity contribution in [2.75, 3.05) is 40.9 Å². The monoisotopic (exact) mass is 913 g/mol. The third-order valence-corrected chi connectivity index (χ3v) is 13.7. The van der Waals surface area contributed by atoms with Gasteiger partial charge >= 0.3 is 0 Å². The first-order valence-electron chi connectivity index (χ1n) is 27.6. The maximum atomic E-state index is 12.9. The van der Waals surface area contributed by atoms with Crippen LogP contribution in [0, 0.1) is 0 Å². The zero-order valence-corrected chi connectivity index (χ0v) is 43.7. The number of carbonyl (C=O) groups excluding carboxylic acids is 1. The minimum Gasteiger partial charge on any atom is -0.756 e. The van der Waals surface area contributed by atoms with Crippen LogP contribution in [-0.4, -0.2) is 68.5 Å². The molecule has 0 bridgehead atoms. The number of unbranched alkanes of at least 4 members (excludes halogenated alkanes) is 38.